The molecule has 1 unspecified atom stereocenters. The van der Waals surface area contributed by atoms with Crippen LogP contribution < -0.4 is 10.6 Å². The zero-order valence-electron chi connectivity index (χ0n) is 16.1. The monoisotopic (exact) mass is 491 g/mol. The summed E-state index contributed by atoms with van der Waals surface area (Å²) in [6.45, 7) is 1.46. The van der Waals surface area contributed by atoms with E-state index in [1.54, 1.807) is 29.2 Å². The van der Waals surface area contributed by atoms with Gasteiger partial charge < -0.3 is 15.7 Å². The number of aliphatic hydroxyl groups excluding tert-OH is 1. The first kappa shape index (κ1) is 24.7. The molecule has 3 N–H and O–H groups in total. The highest BCUT2D eigenvalue weighted by Crippen LogP contribution is 2.26. The van der Waals surface area contributed by atoms with Crippen molar-refractivity contribution >= 4 is 69.6 Å². The van der Waals surface area contributed by atoms with Crippen LogP contribution >= 0.6 is 46.4 Å². The van der Waals surface area contributed by atoms with Crippen molar-refractivity contribution in [1.82, 2.24) is 4.90 Å². The number of nitrogens with one attached hydrogen (secondary N) is 2. The van der Waals surface area contributed by atoms with Crippen LogP contribution in [0.15, 0.2) is 36.4 Å². The molecule has 2 amide bonds. The number of amides is 2. The molecule has 0 saturated carbocycles. The molecule has 0 radical (unpaired) electrons. The van der Waals surface area contributed by atoms with E-state index in [0.717, 1.165) is 0 Å². The van der Waals surface area contributed by atoms with E-state index < -0.39 is 0 Å². The van der Waals surface area contributed by atoms with Crippen LogP contribution in [-0.4, -0.2) is 47.6 Å². The Morgan fingerprint density at radius 2 is 1.30 bits per heavy atom. The summed E-state index contributed by atoms with van der Waals surface area (Å²) < 4.78 is 0. The summed E-state index contributed by atoms with van der Waals surface area (Å²) >= 11 is 23.7. The number of benzene rings is 2. The molecule has 0 heterocycles. The Morgan fingerprint density at radius 1 is 0.867 bits per heavy atom. The third kappa shape index (κ3) is 7.30. The van der Waals surface area contributed by atoms with Gasteiger partial charge in [0.05, 0.1) is 39.8 Å². The highest BCUT2D eigenvalue weighted by molar-refractivity contribution is 6.42. The van der Waals surface area contributed by atoms with Crippen molar-refractivity contribution < 1.29 is 14.7 Å². The van der Waals surface area contributed by atoms with E-state index in [4.69, 9.17) is 46.4 Å². The first-order valence-corrected chi connectivity index (χ1v) is 10.6. The minimum atomic E-state index is -0.371. The number of anilines is 2. The molecule has 2 aromatic carbocycles. The molecule has 2 aromatic rings. The lowest BCUT2D eigenvalue weighted by molar-refractivity contribution is -0.121. The van der Waals surface area contributed by atoms with Crippen molar-refractivity contribution in [2.24, 2.45) is 0 Å². The third-order valence-corrected chi connectivity index (χ3v) is 5.78. The van der Waals surface area contributed by atoms with Gasteiger partial charge in [0.15, 0.2) is 0 Å². The van der Waals surface area contributed by atoms with Gasteiger partial charge in [0.1, 0.15) is 0 Å². The maximum atomic E-state index is 12.5. The molecule has 0 aliphatic carbocycles. The molecule has 0 bridgehead atoms. The van der Waals surface area contributed by atoms with Crippen molar-refractivity contribution in [3.8, 4) is 0 Å². The molecular formula is C20H21Cl4N3O3. The predicted octanol–water partition coefficient (Wildman–Crippen LogP) is 4.95. The van der Waals surface area contributed by atoms with Crippen molar-refractivity contribution in [1.29, 1.82) is 0 Å². The molecule has 2 rings (SSSR count). The Bertz CT molecular complexity index is 839. The van der Waals surface area contributed by atoms with Gasteiger partial charge in [0, 0.05) is 17.4 Å². The van der Waals surface area contributed by atoms with Gasteiger partial charge in [-0.3, -0.25) is 14.5 Å². The van der Waals surface area contributed by atoms with Gasteiger partial charge in [-0.1, -0.05) is 53.3 Å². The minimum Gasteiger partial charge on any atom is -0.395 e. The fourth-order valence-electron chi connectivity index (χ4n) is 2.73. The average molecular weight is 493 g/mol. The Kier molecular flexibility index (Phi) is 9.68. The number of aliphatic hydroxyl groups is 1. The third-order valence-electron chi connectivity index (χ3n) is 4.30. The summed E-state index contributed by atoms with van der Waals surface area (Å²) in [5.74, 6) is -0.717. The number of halogens is 4. The van der Waals surface area contributed by atoms with E-state index in [2.05, 4.69) is 10.6 Å². The van der Waals surface area contributed by atoms with Gasteiger partial charge in [-0.05, 0) is 42.8 Å². The van der Waals surface area contributed by atoms with Gasteiger partial charge in [-0.15, -0.1) is 0 Å². The quantitative estimate of drug-likeness (QED) is 0.462. The molecule has 10 heteroatoms. The number of hydrogen-bond donors (Lipinski definition) is 3. The maximum Gasteiger partial charge on any atom is 0.238 e. The fourth-order valence-corrected chi connectivity index (χ4v) is 3.33. The number of rotatable bonds is 9. The second kappa shape index (κ2) is 11.7. The van der Waals surface area contributed by atoms with Gasteiger partial charge >= 0.3 is 0 Å². The number of carbonyl (C=O) groups excluding carboxylic acids is 2. The molecule has 0 fully saturated rings. The smallest absolute Gasteiger partial charge is 0.238 e. The average Bonchev–Trinajstić information content (AvgIpc) is 2.68. The lowest BCUT2D eigenvalue weighted by atomic mass is 10.2. The molecule has 0 aliphatic heterocycles. The van der Waals surface area contributed by atoms with E-state index in [0.29, 0.717) is 37.9 Å². The summed E-state index contributed by atoms with van der Waals surface area (Å²) in [5.41, 5.74) is 0.957. The Hall–Kier alpha value is -1.54. The molecular weight excluding hydrogens is 472 g/mol. The van der Waals surface area contributed by atoms with E-state index in [1.165, 1.54) is 12.1 Å². The van der Waals surface area contributed by atoms with E-state index in [-0.39, 0.29) is 37.6 Å². The SMILES string of the molecule is CCC(CO)N(CC(=O)Nc1ccc(Cl)c(Cl)c1)CC(=O)Nc1ccc(Cl)c(Cl)c1. The number of hydrogen-bond acceptors (Lipinski definition) is 4. The van der Waals surface area contributed by atoms with Crippen molar-refractivity contribution in [2.45, 2.75) is 19.4 Å². The van der Waals surface area contributed by atoms with Gasteiger partial charge in [-0.25, -0.2) is 0 Å². The zero-order chi connectivity index (χ0) is 22.3. The molecule has 0 aromatic heterocycles. The topological polar surface area (TPSA) is 81.7 Å². The van der Waals surface area contributed by atoms with Crippen molar-refractivity contribution in [2.75, 3.05) is 30.3 Å². The second-order valence-electron chi connectivity index (χ2n) is 6.50. The molecule has 1 atom stereocenters. The normalized spacial score (nSPS) is 12.0. The molecule has 0 aliphatic rings. The highest BCUT2D eigenvalue weighted by atomic mass is 35.5. The summed E-state index contributed by atoms with van der Waals surface area (Å²) in [7, 11) is 0. The first-order valence-electron chi connectivity index (χ1n) is 9.08. The lowest BCUT2D eigenvalue weighted by Gasteiger charge is -2.28. The van der Waals surface area contributed by atoms with Crippen LogP contribution in [0, 0.1) is 0 Å². The van der Waals surface area contributed by atoms with Crippen LogP contribution in [-0.2, 0) is 9.59 Å². The van der Waals surface area contributed by atoms with Gasteiger partial charge in [0.25, 0.3) is 0 Å². The summed E-state index contributed by atoms with van der Waals surface area (Å²) in [5, 5.41) is 16.5. The number of carbonyl (C=O) groups is 2. The summed E-state index contributed by atoms with van der Waals surface area (Å²) in [4.78, 5) is 26.6. The van der Waals surface area contributed by atoms with E-state index in [9.17, 15) is 14.7 Å². The molecule has 30 heavy (non-hydrogen) atoms. The Labute approximate surface area is 195 Å². The van der Waals surface area contributed by atoms with Gasteiger partial charge in [-0.2, -0.15) is 0 Å². The number of nitrogens with zero attached hydrogens (tertiary/aromatic N) is 1. The largest absolute Gasteiger partial charge is 0.395 e. The van der Waals surface area contributed by atoms with Crippen molar-refractivity contribution in [3.05, 3.63) is 56.5 Å². The predicted molar refractivity (Wildman–Crippen MR) is 123 cm³/mol. The standard InChI is InChI=1S/C20H21Cl4N3O3/c1-2-14(11-28)27(9-19(29)25-12-3-5-15(21)17(23)7-12)10-20(30)26-13-4-6-16(22)18(24)8-13/h3-8,14,28H,2,9-11H2,1H3,(H,25,29)(H,26,30). The maximum absolute atomic E-state index is 12.5. The van der Waals surface area contributed by atoms with Crippen LogP contribution in [0.1, 0.15) is 13.3 Å². The van der Waals surface area contributed by atoms with Crippen LogP contribution in [0.2, 0.25) is 20.1 Å². The lowest BCUT2D eigenvalue weighted by Crippen LogP contribution is -2.46. The van der Waals surface area contributed by atoms with E-state index in [1.807, 2.05) is 6.92 Å². The fraction of sp³-hybridized carbons (Fsp3) is 0.300. The zero-order valence-corrected chi connectivity index (χ0v) is 19.1. The van der Waals surface area contributed by atoms with Crippen molar-refractivity contribution in [3.63, 3.8) is 0 Å². The van der Waals surface area contributed by atoms with Crippen LogP contribution in [0.25, 0.3) is 0 Å². The second-order valence-corrected chi connectivity index (χ2v) is 8.13. The summed E-state index contributed by atoms with van der Waals surface area (Å²) in [6.07, 6.45) is 0.552. The Balaban J connectivity index is 2.05. The van der Waals surface area contributed by atoms with Crippen LogP contribution in [0.5, 0.6) is 0 Å². The van der Waals surface area contributed by atoms with Crippen LogP contribution in [0.4, 0.5) is 11.4 Å². The van der Waals surface area contributed by atoms with E-state index >= 15 is 0 Å². The minimum absolute atomic E-state index is 0.103. The highest BCUT2D eigenvalue weighted by Gasteiger charge is 2.22. The molecule has 162 valence electrons. The molecule has 0 saturated heterocycles. The summed E-state index contributed by atoms with van der Waals surface area (Å²) in [6, 6.07) is 9.09. The van der Waals surface area contributed by atoms with Gasteiger partial charge in [0.2, 0.25) is 11.8 Å². The first-order chi connectivity index (χ1) is 14.2. The Morgan fingerprint density at radius 3 is 1.63 bits per heavy atom. The molecule has 0 spiro atoms. The molecule has 6 nitrogen and oxygen atoms in total. The van der Waals surface area contributed by atoms with Crippen LogP contribution in [0.3, 0.4) is 0 Å².